The van der Waals surface area contributed by atoms with Gasteiger partial charge >= 0.3 is 0 Å². The SMILES string of the molecule is NCCc1ccc(C(=O)Nc2ncc(Br)s2)cc1. The zero-order valence-electron chi connectivity index (χ0n) is 9.52. The largest absolute Gasteiger partial charge is 0.330 e. The summed E-state index contributed by atoms with van der Waals surface area (Å²) < 4.78 is 0.885. The van der Waals surface area contributed by atoms with Gasteiger partial charge in [-0.05, 0) is 46.6 Å². The molecule has 0 radical (unpaired) electrons. The Morgan fingerprint density at radius 2 is 2.11 bits per heavy atom. The molecule has 1 aromatic heterocycles. The van der Waals surface area contributed by atoms with Crippen LogP contribution in [-0.2, 0) is 6.42 Å². The van der Waals surface area contributed by atoms with E-state index in [1.54, 1.807) is 18.3 Å². The predicted molar refractivity (Wildman–Crippen MR) is 77.0 cm³/mol. The van der Waals surface area contributed by atoms with E-state index >= 15 is 0 Å². The van der Waals surface area contributed by atoms with Gasteiger partial charge in [0.05, 0.1) is 9.98 Å². The molecule has 4 nitrogen and oxygen atoms in total. The normalized spacial score (nSPS) is 10.3. The van der Waals surface area contributed by atoms with Crippen molar-refractivity contribution in [3.8, 4) is 0 Å². The number of benzene rings is 1. The molecule has 0 aliphatic heterocycles. The number of nitrogens with zero attached hydrogens (tertiary/aromatic N) is 1. The fourth-order valence-electron chi connectivity index (χ4n) is 1.47. The number of anilines is 1. The zero-order valence-corrected chi connectivity index (χ0v) is 11.9. The van der Waals surface area contributed by atoms with Crippen LogP contribution in [0.2, 0.25) is 0 Å². The average molecular weight is 326 g/mol. The van der Waals surface area contributed by atoms with Crippen molar-refractivity contribution in [1.82, 2.24) is 4.98 Å². The molecule has 0 bridgehead atoms. The van der Waals surface area contributed by atoms with E-state index in [1.807, 2.05) is 12.1 Å². The minimum Gasteiger partial charge on any atom is -0.330 e. The summed E-state index contributed by atoms with van der Waals surface area (Å²) in [6, 6.07) is 7.42. The Morgan fingerprint density at radius 1 is 1.39 bits per heavy atom. The molecule has 18 heavy (non-hydrogen) atoms. The van der Waals surface area contributed by atoms with Crippen LogP contribution in [0.3, 0.4) is 0 Å². The molecule has 2 aromatic rings. The molecule has 1 aromatic carbocycles. The summed E-state index contributed by atoms with van der Waals surface area (Å²) in [6.45, 7) is 0.610. The molecule has 0 unspecified atom stereocenters. The molecule has 0 atom stereocenters. The third-order valence-electron chi connectivity index (χ3n) is 2.35. The van der Waals surface area contributed by atoms with Crippen LogP contribution in [0.25, 0.3) is 0 Å². The predicted octanol–water partition coefficient (Wildman–Crippen LogP) is 2.66. The summed E-state index contributed by atoms with van der Waals surface area (Å²) in [5.41, 5.74) is 7.22. The lowest BCUT2D eigenvalue weighted by Gasteiger charge is -2.03. The third kappa shape index (κ3) is 3.38. The fourth-order valence-corrected chi connectivity index (χ4v) is 2.57. The highest BCUT2D eigenvalue weighted by Gasteiger charge is 2.08. The maximum Gasteiger partial charge on any atom is 0.257 e. The molecule has 6 heteroatoms. The first kappa shape index (κ1) is 13.2. The molecule has 0 fully saturated rings. The summed E-state index contributed by atoms with van der Waals surface area (Å²) in [5.74, 6) is -0.156. The molecule has 0 aliphatic carbocycles. The lowest BCUT2D eigenvalue weighted by Crippen LogP contribution is -2.11. The quantitative estimate of drug-likeness (QED) is 0.908. The minimum atomic E-state index is -0.156. The minimum absolute atomic E-state index is 0.156. The number of amides is 1. The van der Waals surface area contributed by atoms with Crippen LogP contribution < -0.4 is 11.1 Å². The Hall–Kier alpha value is -1.24. The van der Waals surface area contributed by atoms with Crippen molar-refractivity contribution in [3.05, 3.63) is 45.4 Å². The number of thiazole rings is 1. The van der Waals surface area contributed by atoms with Gasteiger partial charge in [-0.25, -0.2) is 4.98 Å². The van der Waals surface area contributed by atoms with Crippen LogP contribution in [0.1, 0.15) is 15.9 Å². The first-order chi connectivity index (χ1) is 8.69. The molecule has 0 saturated carbocycles. The third-order valence-corrected chi connectivity index (χ3v) is 3.74. The van der Waals surface area contributed by atoms with Gasteiger partial charge < -0.3 is 5.73 Å². The summed E-state index contributed by atoms with van der Waals surface area (Å²) >= 11 is 4.68. The fraction of sp³-hybridized carbons (Fsp3) is 0.167. The molecule has 1 amide bonds. The Labute approximate surface area is 117 Å². The number of carbonyl (C=O) groups excluding carboxylic acids is 1. The summed E-state index contributed by atoms with van der Waals surface area (Å²) in [6.07, 6.45) is 2.48. The van der Waals surface area contributed by atoms with Gasteiger partial charge in [-0.1, -0.05) is 23.5 Å². The first-order valence-corrected chi connectivity index (χ1v) is 7.01. The number of hydrogen-bond acceptors (Lipinski definition) is 4. The van der Waals surface area contributed by atoms with Crippen molar-refractivity contribution >= 4 is 38.3 Å². The molecule has 0 aliphatic rings. The lowest BCUT2D eigenvalue weighted by atomic mass is 10.1. The van der Waals surface area contributed by atoms with Crippen molar-refractivity contribution < 1.29 is 4.79 Å². The number of aromatic nitrogens is 1. The summed E-state index contributed by atoms with van der Waals surface area (Å²) in [4.78, 5) is 16.0. The second-order valence-electron chi connectivity index (χ2n) is 3.66. The molecule has 0 saturated heterocycles. The summed E-state index contributed by atoms with van der Waals surface area (Å²) in [7, 11) is 0. The lowest BCUT2D eigenvalue weighted by molar-refractivity contribution is 0.102. The Balaban J connectivity index is 2.04. The Kier molecular flexibility index (Phi) is 4.46. The van der Waals surface area contributed by atoms with Crippen molar-refractivity contribution in [2.45, 2.75) is 6.42 Å². The molecule has 2 rings (SSSR count). The molecule has 3 N–H and O–H groups in total. The van der Waals surface area contributed by atoms with Crippen LogP contribution >= 0.6 is 27.3 Å². The first-order valence-electron chi connectivity index (χ1n) is 5.41. The van der Waals surface area contributed by atoms with Gasteiger partial charge in [-0.15, -0.1) is 0 Å². The van der Waals surface area contributed by atoms with Crippen LogP contribution in [0.4, 0.5) is 5.13 Å². The van der Waals surface area contributed by atoms with E-state index in [4.69, 9.17) is 5.73 Å². The number of carbonyl (C=O) groups is 1. The highest BCUT2D eigenvalue weighted by molar-refractivity contribution is 9.11. The van der Waals surface area contributed by atoms with E-state index < -0.39 is 0 Å². The van der Waals surface area contributed by atoms with E-state index in [0.29, 0.717) is 17.2 Å². The molecular formula is C12H12BrN3OS. The van der Waals surface area contributed by atoms with E-state index in [1.165, 1.54) is 11.3 Å². The number of halogens is 1. The summed E-state index contributed by atoms with van der Waals surface area (Å²) in [5, 5.41) is 3.33. The van der Waals surface area contributed by atoms with Gasteiger partial charge in [0, 0.05) is 5.56 Å². The van der Waals surface area contributed by atoms with Crippen LogP contribution in [0.5, 0.6) is 0 Å². The molecule has 1 heterocycles. The van der Waals surface area contributed by atoms with Crippen LogP contribution in [0, 0.1) is 0 Å². The van der Waals surface area contributed by atoms with E-state index in [0.717, 1.165) is 15.8 Å². The standard InChI is InChI=1S/C12H12BrN3OS/c13-10-7-15-12(18-10)16-11(17)9-3-1-8(2-4-9)5-6-14/h1-4,7H,5-6,14H2,(H,15,16,17). The van der Waals surface area contributed by atoms with Gasteiger partial charge in [0.15, 0.2) is 5.13 Å². The maximum atomic E-state index is 11.9. The van der Waals surface area contributed by atoms with Crippen molar-refractivity contribution in [1.29, 1.82) is 0 Å². The second kappa shape index (κ2) is 6.08. The number of rotatable bonds is 4. The molecular weight excluding hydrogens is 314 g/mol. The van der Waals surface area contributed by atoms with Gasteiger partial charge in [0.2, 0.25) is 0 Å². The highest BCUT2D eigenvalue weighted by atomic mass is 79.9. The van der Waals surface area contributed by atoms with E-state index in [9.17, 15) is 4.79 Å². The van der Waals surface area contributed by atoms with Gasteiger partial charge in [-0.3, -0.25) is 10.1 Å². The smallest absolute Gasteiger partial charge is 0.257 e. The second-order valence-corrected chi connectivity index (χ2v) is 6.07. The van der Waals surface area contributed by atoms with Crippen molar-refractivity contribution in [2.24, 2.45) is 5.73 Å². The van der Waals surface area contributed by atoms with Gasteiger partial charge in [-0.2, -0.15) is 0 Å². The molecule has 94 valence electrons. The van der Waals surface area contributed by atoms with E-state index in [2.05, 4.69) is 26.2 Å². The highest BCUT2D eigenvalue weighted by Crippen LogP contribution is 2.23. The number of nitrogens with one attached hydrogen (secondary N) is 1. The number of nitrogens with two attached hydrogens (primary N) is 1. The van der Waals surface area contributed by atoms with Crippen LogP contribution in [0.15, 0.2) is 34.2 Å². The monoisotopic (exact) mass is 325 g/mol. The maximum absolute atomic E-state index is 11.9. The topological polar surface area (TPSA) is 68.0 Å². The zero-order chi connectivity index (χ0) is 13.0. The number of hydrogen-bond donors (Lipinski definition) is 2. The van der Waals surface area contributed by atoms with Gasteiger partial charge in [0.1, 0.15) is 0 Å². The molecule has 0 spiro atoms. The van der Waals surface area contributed by atoms with Gasteiger partial charge in [0.25, 0.3) is 5.91 Å². The van der Waals surface area contributed by atoms with Crippen LogP contribution in [-0.4, -0.2) is 17.4 Å². The van der Waals surface area contributed by atoms with Crippen molar-refractivity contribution in [2.75, 3.05) is 11.9 Å². The Bertz CT molecular complexity index is 539. The average Bonchev–Trinajstić information content (AvgIpc) is 2.76. The Morgan fingerprint density at radius 3 is 2.67 bits per heavy atom. The van der Waals surface area contributed by atoms with Crippen molar-refractivity contribution in [3.63, 3.8) is 0 Å². The van der Waals surface area contributed by atoms with E-state index in [-0.39, 0.29) is 5.91 Å².